The molecule has 0 heterocycles. The standard InChI is InChI=1S/C11H10ClNS/c1-8(7-13)11(12)9-5-3-4-6-10(9)14-2/h3-6H,1-2H3. The van der Waals surface area contributed by atoms with Crippen molar-refractivity contribution in [3.63, 3.8) is 0 Å². The Hall–Kier alpha value is -0.910. The fraction of sp³-hybridized carbons (Fsp3) is 0.182. The average Bonchev–Trinajstić information content (AvgIpc) is 2.26. The highest BCUT2D eigenvalue weighted by Gasteiger charge is 2.06. The second-order valence-electron chi connectivity index (χ2n) is 2.75. The maximum absolute atomic E-state index is 8.73. The van der Waals surface area contributed by atoms with Gasteiger partial charge in [0.15, 0.2) is 0 Å². The molecule has 0 aliphatic rings. The van der Waals surface area contributed by atoms with E-state index in [0.29, 0.717) is 10.6 Å². The van der Waals surface area contributed by atoms with Crippen molar-refractivity contribution in [3.8, 4) is 6.07 Å². The number of hydrogen-bond acceptors (Lipinski definition) is 2. The Morgan fingerprint density at radius 2 is 2.07 bits per heavy atom. The first-order valence-electron chi connectivity index (χ1n) is 4.10. The lowest BCUT2D eigenvalue weighted by atomic mass is 10.1. The topological polar surface area (TPSA) is 23.8 Å². The minimum Gasteiger partial charge on any atom is -0.193 e. The Bertz CT molecular complexity index is 404. The third kappa shape index (κ3) is 2.31. The van der Waals surface area contributed by atoms with E-state index in [4.69, 9.17) is 16.9 Å². The summed E-state index contributed by atoms with van der Waals surface area (Å²) in [6, 6.07) is 9.85. The molecule has 0 N–H and O–H groups in total. The van der Waals surface area contributed by atoms with Crippen LogP contribution in [0.15, 0.2) is 34.7 Å². The summed E-state index contributed by atoms with van der Waals surface area (Å²) >= 11 is 7.71. The molecule has 0 aliphatic heterocycles. The Labute approximate surface area is 93.4 Å². The number of allylic oxidation sites excluding steroid dienone is 1. The zero-order valence-electron chi connectivity index (χ0n) is 8.04. The third-order valence-corrected chi connectivity index (χ3v) is 3.12. The molecule has 0 aromatic heterocycles. The highest BCUT2D eigenvalue weighted by atomic mass is 35.5. The van der Waals surface area contributed by atoms with E-state index in [9.17, 15) is 0 Å². The van der Waals surface area contributed by atoms with Gasteiger partial charge in [0, 0.05) is 16.0 Å². The SMILES string of the molecule is CSc1ccccc1C(Cl)=C(C)C#N. The summed E-state index contributed by atoms with van der Waals surface area (Å²) in [5.41, 5.74) is 1.48. The molecule has 0 saturated carbocycles. The quantitative estimate of drug-likeness (QED) is 0.561. The van der Waals surface area contributed by atoms with Gasteiger partial charge in [-0.15, -0.1) is 11.8 Å². The van der Waals surface area contributed by atoms with E-state index in [0.717, 1.165) is 10.5 Å². The van der Waals surface area contributed by atoms with Crippen LogP contribution in [0.4, 0.5) is 0 Å². The van der Waals surface area contributed by atoms with E-state index in [1.807, 2.05) is 30.5 Å². The predicted octanol–water partition coefficient (Wildman–Crippen LogP) is 3.90. The van der Waals surface area contributed by atoms with Gasteiger partial charge in [0.2, 0.25) is 0 Å². The second-order valence-corrected chi connectivity index (χ2v) is 3.98. The fourth-order valence-corrected chi connectivity index (χ4v) is 1.94. The van der Waals surface area contributed by atoms with Crippen LogP contribution in [0.5, 0.6) is 0 Å². The van der Waals surface area contributed by atoms with Gasteiger partial charge >= 0.3 is 0 Å². The van der Waals surface area contributed by atoms with E-state index >= 15 is 0 Å². The maximum Gasteiger partial charge on any atom is 0.0959 e. The molecule has 0 unspecified atom stereocenters. The average molecular weight is 224 g/mol. The minimum atomic E-state index is 0.539. The Balaban J connectivity index is 3.27. The first-order chi connectivity index (χ1) is 6.70. The van der Waals surface area contributed by atoms with Gasteiger partial charge in [-0.05, 0) is 19.2 Å². The van der Waals surface area contributed by atoms with Gasteiger partial charge in [0.1, 0.15) is 0 Å². The summed E-state index contributed by atoms with van der Waals surface area (Å²) in [4.78, 5) is 1.09. The number of halogens is 1. The number of thioether (sulfide) groups is 1. The molecule has 0 bridgehead atoms. The molecular weight excluding hydrogens is 214 g/mol. The smallest absolute Gasteiger partial charge is 0.0959 e. The molecule has 1 aromatic rings. The lowest BCUT2D eigenvalue weighted by Crippen LogP contribution is -1.84. The van der Waals surface area contributed by atoms with Crippen molar-refractivity contribution in [1.82, 2.24) is 0 Å². The highest BCUT2D eigenvalue weighted by Crippen LogP contribution is 2.30. The lowest BCUT2D eigenvalue weighted by Gasteiger charge is -2.05. The van der Waals surface area contributed by atoms with Crippen LogP contribution in [-0.2, 0) is 0 Å². The number of benzene rings is 1. The number of nitrogens with zero attached hydrogens (tertiary/aromatic N) is 1. The number of nitriles is 1. The Morgan fingerprint density at radius 3 is 2.64 bits per heavy atom. The van der Waals surface area contributed by atoms with Crippen molar-refractivity contribution in [2.45, 2.75) is 11.8 Å². The van der Waals surface area contributed by atoms with Crippen molar-refractivity contribution in [2.75, 3.05) is 6.26 Å². The fourth-order valence-electron chi connectivity index (χ4n) is 1.08. The molecule has 1 rings (SSSR count). The molecular formula is C11H10ClNS. The van der Waals surface area contributed by atoms with E-state index in [1.165, 1.54) is 0 Å². The summed E-state index contributed by atoms with van der Waals surface area (Å²) in [6.07, 6.45) is 1.99. The molecule has 72 valence electrons. The van der Waals surface area contributed by atoms with Gasteiger partial charge in [0.25, 0.3) is 0 Å². The summed E-state index contributed by atoms with van der Waals surface area (Å²) < 4.78 is 0. The monoisotopic (exact) mass is 223 g/mol. The van der Waals surface area contributed by atoms with Crippen LogP contribution >= 0.6 is 23.4 Å². The highest BCUT2D eigenvalue weighted by molar-refractivity contribution is 7.98. The van der Waals surface area contributed by atoms with Crippen molar-refractivity contribution < 1.29 is 0 Å². The molecule has 0 radical (unpaired) electrons. The first-order valence-corrected chi connectivity index (χ1v) is 5.71. The second kappa shape index (κ2) is 5.09. The zero-order chi connectivity index (χ0) is 10.6. The van der Waals surface area contributed by atoms with Gasteiger partial charge in [0.05, 0.1) is 11.1 Å². The van der Waals surface area contributed by atoms with Gasteiger partial charge in [-0.3, -0.25) is 0 Å². The van der Waals surface area contributed by atoms with Gasteiger partial charge < -0.3 is 0 Å². The van der Waals surface area contributed by atoms with Crippen molar-refractivity contribution in [1.29, 1.82) is 5.26 Å². The van der Waals surface area contributed by atoms with Crippen molar-refractivity contribution >= 4 is 28.4 Å². The molecule has 14 heavy (non-hydrogen) atoms. The van der Waals surface area contributed by atoms with E-state index < -0.39 is 0 Å². The molecule has 0 amide bonds. The lowest BCUT2D eigenvalue weighted by molar-refractivity contribution is 1.39. The largest absolute Gasteiger partial charge is 0.193 e. The molecule has 0 spiro atoms. The normalized spacial score (nSPS) is 11.9. The van der Waals surface area contributed by atoms with Crippen molar-refractivity contribution in [3.05, 3.63) is 35.4 Å². The predicted molar refractivity (Wildman–Crippen MR) is 62.3 cm³/mol. The van der Waals surface area contributed by atoms with E-state index in [1.54, 1.807) is 18.7 Å². The third-order valence-electron chi connectivity index (χ3n) is 1.84. The summed E-state index contributed by atoms with van der Waals surface area (Å²) in [6.45, 7) is 1.72. The van der Waals surface area contributed by atoms with Crippen LogP contribution < -0.4 is 0 Å². The summed E-state index contributed by atoms with van der Waals surface area (Å²) in [5.74, 6) is 0. The van der Waals surface area contributed by atoms with Gasteiger partial charge in [-0.1, -0.05) is 29.8 Å². The van der Waals surface area contributed by atoms with E-state index in [-0.39, 0.29) is 0 Å². The summed E-state index contributed by atoms with van der Waals surface area (Å²) in [5, 5.41) is 9.27. The van der Waals surface area contributed by atoms with Crippen molar-refractivity contribution in [2.24, 2.45) is 0 Å². The minimum absolute atomic E-state index is 0.539. The Kier molecular flexibility index (Phi) is 4.06. The van der Waals surface area contributed by atoms with Crippen LogP contribution in [-0.4, -0.2) is 6.26 Å². The number of hydrogen-bond donors (Lipinski definition) is 0. The van der Waals surface area contributed by atoms with Crippen LogP contribution in [0.25, 0.3) is 5.03 Å². The number of rotatable bonds is 2. The molecule has 1 nitrogen and oxygen atoms in total. The zero-order valence-corrected chi connectivity index (χ0v) is 9.62. The maximum atomic E-state index is 8.73. The molecule has 3 heteroatoms. The molecule has 1 aromatic carbocycles. The van der Waals surface area contributed by atoms with Crippen LogP contribution in [0.2, 0.25) is 0 Å². The van der Waals surface area contributed by atoms with Crippen LogP contribution in [0.3, 0.4) is 0 Å². The molecule has 0 atom stereocenters. The van der Waals surface area contributed by atoms with Gasteiger partial charge in [-0.25, -0.2) is 0 Å². The van der Waals surface area contributed by atoms with Gasteiger partial charge in [-0.2, -0.15) is 5.26 Å². The molecule has 0 fully saturated rings. The molecule has 0 aliphatic carbocycles. The van der Waals surface area contributed by atoms with Crippen LogP contribution in [0, 0.1) is 11.3 Å². The first kappa shape index (κ1) is 11.2. The summed E-state index contributed by atoms with van der Waals surface area (Å²) in [7, 11) is 0. The molecule has 0 saturated heterocycles. The van der Waals surface area contributed by atoms with Crippen LogP contribution in [0.1, 0.15) is 12.5 Å². The van der Waals surface area contributed by atoms with E-state index in [2.05, 4.69) is 6.07 Å². The Morgan fingerprint density at radius 1 is 1.43 bits per heavy atom.